The first-order valence-electron chi connectivity index (χ1n) is 14.0. The number of hydrogen-bond acceptors (Lipinski definition) is 4. The molecular weight excluding hydrogens is 512 g/mol. The highest BCUT2D eigenvalue weighted by Gasteiger charge is 2.15. The van der Waals surface area contributed by atoms with Crippen LogP contribution in [0.1, 0.15) is 0 Å². The van der Waals surface area contributed by atoms with Crippen LogP contribution >= 0.6 is 0 Å². The Morgan fingerprint density at radius 3 is 1.31 bits per heavy atom. The SMILES string of the molecule is c1ccc(-c2ccc3ccc4ccc(-c5ccc6nc(-c7ccccc7)c(-c7ccccc7)nc6c5)nc4c3n2)cc1. The molecule has 0 fully saturated rings. The molecule has 4 heteroatoms. The summed E-state index contributed by atoms with van der Waals surface area (Å²) < 4.78 is 0. The fraction of sp³-hybridized carbons (Fsp3) is 0. The number of aromatic nitrogens is 4. The van der Waals surface area contributed by atoms with Crippen molar-refractivity contribution in [1.29, 1.82) is 0 Å². The molecule has 8 aromatic rings. The minimum Gasteiger partial charge on any atom is -0.245 e. The highest BCUT2D eigenvalue weighted by Crippen LogP contribution is 2.33. The molecule has 0 amide bonds. The van der Waals surface area contributed by atoms with Gasteiger partial charge in [0, 0.05) is 33.0 Å². The van der Waals surface area contributed by atoms with Crippen molar-refractivity contribution >= 4 is 32.8 Å². The summed E-state index contributed by atoms with van der Waals surface area (Å²) in [7, 11) is 0. The normalized spacial score (nSPS) is 11.3. The number of fused-ring (bicyclic) bond motifs is 4. The van der Waals surface area contributed by atoms with Gasteiger partial charge < -0.3 is 0 Å². The topological polar surface area (TPSA) is 51.6 Å². The average Bonchev–Trinajstić information content (AvgIpc) is 3.08. The lowest BCUT2D eigenvalue weighted by Crippen LogP contribution is -1.96. The third-order valence-electron chi connectivity index (χ3n) is 7.64. The van der Waals surface area contributed by atoms with Gasteiger partial charge in [0.2, 0.25) is 0 Å². The van der Waals surface area contributed by atoms with Gasteiger partial charge in [0.25, 0.3) is 0 Å². The third-order valence-corrected chi connectivity index (χ3v) is 7.64. The van der Waals surface area contributed by atoms with E-state index in [-0.39, 0.29) is 0 Å². The molecule has 196 valence electrons. The molecule has 0 radical (unpaired) electrons. The van der Waals surface area contributed by atoms with Gasteiger partial charge in [-0.05, 0) is 24.3 Å². The fourth-order valence-electron chi connectivity index (χ4n) is 5.51. The Balaban J connectivity index is 1.29. The van der Waals surface area contributed by atoms with Crippen molar-refractivity contribution < 1.29 is 0 Å². The van der Waals surface area contributed by atoms with E-state index in [9.17, 15) is 0 Å². The summed E-state index contributed by atoms with van der Waals surface area (Å²) >= 11 is 0. The molecule has 0 saturated carbocycles. The van der Waals surface area contributed by atoms with Crippen molar-refractivity contribution in [2.24, 2.45) is 0 Å². The van der Waals surface area contributed by atoms with Crippen molar-refractivity contribution in [3.63, 3.8) is 0 Å². The van der Waals surface area contributed by atoms with Crippen LogP contribution in [0, 0.1) is 0 Å². The van der Waals surface area contributed by atoms with Crippen LogP contribution in [0.4, 0.5) is 0 Å². The Hall–Kier alpha value is -5.74. The van der Waals surface area contributed by atoms with Gasteiger partial charge in [-0.15, -0.1) is 0 Å². The molecule has 0 atom stereocenters. The van der Waals surface area contributed by atoms with Crippen LogP contribution in [-0.4, -0.2) is 19.9 Å². The van der Waals surface area contributed by atoms with Crippen LogP contribution in [0.15, 0.2) is 146 Å². The number of nitrogens with zero attached hydrogens (tertiary/aromatic N) is 4. The molecule has 8 rings (SSSR count). The monoisotopic (exact) mass is 536 g/mol. The van der Waals surface area contributed by atoms with Gasteiger partial charge in [0.1, 0.15) is 0 Å². The van der Waals surface area contributed by atoms with E-state index >= 15 is 0 Å². The van der Waals surface area contributed by atoms with Crippen LogP contribution in [0.3, 0.4) is 0 Å². The van der Waals surface area contributed by atoms with Crippen molar-refractivity contribution in [1.82, 2.24) is 19.9 Å². The van der Waals surface area contributed by atoms with Gasteiger partial charge >= 0.3 is 0 Å². The first-order valence-corrected chi connectivity index (χ1v) is 14.0. The van der Waals surface area contributed by atoms with E-state index in [2.05, 4.69) is 84.9 Å². The standard InChI is InChI=1S/C38H24N4/c1-4-10-25(11-5-1)31-21-18-28-16-17-29-19-22-32(40-38(29)37(28)39-31)30-20-23-33-34(24-30)42-36(27-14-8-3-9-15-27)35(41-33)26-12-6-2-7-13-26/h1-24H. The Morgan fingerprint density at radius 2 is 0.762 bits per heavy atom. The van der Waals surface area contributed by atoms with Crippen molar-refractivity contribution in [3.05, 3.63) is 146 Å². The molecule has 0 spiro atoms. The number of benzene rings is 5. The highest BCUT2D eigenvalue weighted by atomic mass is 14.8. The smallest absolute Gasteiger partial charge is 0.0973 e. The molecule has 0 saturated heterocycles. The quantitative estimate of drug-likeness (QED) is 0.210. The van der Waals surface area contributed by atoms with Gasteiger partial charge in [-0.1, -0.05) is 121 Å². The summed E-state index contributed by atoms with van der Waals surface area (Å²) in [5.41, 5.74) is 11.2. The summed E-state index contributed by atoms with van der Waals surface area (Å²) in [5, 5.41) is 2.13. The zero-order chi connectivity index (χ0) is 27.9. The van der Waals surface area contributed by atoms with Crippen LogP contribution in [-0.2, 0) is 0 Å². The second-order valence-electron chi connectivity index (χ2n) is 10.3. The summed E-state index contributed by atoms with van der Waals surface area (Å²) in [6, 6.07) is 49.6. The predicted molar refractivity (Wildman–Crippen MR) is 172 cm³/mol. The van der Waals surface area contributed by atoms with Crippen molar-refractivity contribution in [2.75, 3.05) is 0 Å². The molecule has 0 bridgehead atoms. The molecule has 0 unspecified atom stereocenters. The second kappa shape index (κ2) is 10.0. The zero-order valence-electron chi connectivity index (χ0n) is 22.6. The molecule has 3 aromatic heterocycles. The maximum atomic E-state index is 5.16. The van der Waals surface area contributed by atoms with Crippen LogP contribution in [0.5, 0.6) is 0 Å². The molecule has 3 heterocycles. The van der Waals surface area contributed by atoms with Crippen molar-refractivity contribution in [3.8, 4) is 45.0 Å². The van der Waals surface area contributed by atoms with Crippen LogP contribution < -0.4 is 0 Å². The lowest BCUT2D eigenvalue weighted by molar-refractivity contribution is 1.29. The van der Waals surface area contributed by atoms with Crippen LogP contribution in [0.25, 0.3) is 77.9 Å². The first kappa shape index (κ1) is 24.1. The Bertz CT molecular complexity index is 2230. The summed E-state index contributed by atoms with van der Waals surface area (Å²) in [5.74, 6) is 0. The summed E-state index contributed by atoms with van der Waals surface area (Å²) in [6.45, 7) is 0. The molecule has 0 aliphatic carbocycles. The molecule has 0 aliphatic heterocycles. The Kier molecular flexibility index (Phi) is 5.75. The molecule has 5 aromatic carbocycles. The number of hydrogen-bond donors (Lipinski definition) is 0. The van der Waals surface area contributed by atoms with Crippen LogP contribution in [0.2, 0.25) is 0 Å². The lowest BCUT2D eigenvalue weighted by Gasteiger charge is -2.12. The summed E-state index contributed by atoms with van der Waals surface area (Å²) in [4.78, 5) is 20.5. The van der Waals surface area contributed by atoms with Crippen molar-refractivity contribution in [2.45, 2.75) is 0 Å². The molecule has 4 nitrogen and oxygen atoms in total. The molecular formula is C38H24N4. The van der Waals surface area contributed by atoms with Gasteiger partial charge in [0.05, 0.1) is 44.8 Å². The zero-order valence-corrected chi connectivity index (χ0v) is 22.6. The highest BCUT2D eigenvalue weighted by molar-refractivity contribution is 6.04. The second-order valence-corrected chi connectivity index (χ2v) is 10.3. The minimum atomic E-state index is 0.829. The van der Waals surface area contributed by atoms with E-state index in [0.29, 0.717) is 0 Å². The van der Waals surface area contributed by atoms with E-state index in [1.165, 1.54) is 0 Å². The van der Waals surface area contributed by atoms with E-state index < -0.39 is 0 Å². The first-order chi connectivity index (χ1) is 20.8. The van der Waals surface area contributed by atoms with E-state index in [4.69, 9.17) is 19.9 Å². The number of pyridine rings is 2. The lowest BCUT2D eigenvalue weighted by atomic mass is 10.0. The fourth-order valence-corrected chi connectivity index (χ4v) is 5.51. The maximum absolute atomic E-state index is 5.16. The van der Waals surface area contributed by atoms with E-state index in [0.717, 1.165) is 77.9 Å². The maximum Gasteiger partial charge on any atom is 0.0973 e. The summed E-state index contributed by atoms with van der Waals surface area (Å²) in [6.07, 6.45) is 0. The van der Waals surface area contributed by atoms with Gasteiger partial charge in [-0.25, -0.2) is 19.9 Å². The average molecular weight is 537 g/mol. The van der Waals surface area contributed by atoms with Gasteiger partial charge in [-0.2, -0.15) is 0 Å². The Morgan fingerprint density at radius 1 is 0.310 bits per heavy atom. The van der Waals surface area contributed by atoms with Gasteiger partial charge in [-0.3, -0.25) is 0 Å². The van der Waals surface area contributed by atoms with E-state index in [1.807, 2.05) is 60.7 Å². The predicted octanol–water partition coefficient (Wildman–Crippen LogP) is 9.39. The van der Waals surface area contributed by atoms with Gasteiger partial charge in [0.15, 0.2) is 0 Å². The Labute approximate surface area is 243 Å². The molecule has 42 heavy (non-hydrogen) atoms. The molecule has 0 N–H and O–H groups in total. The minimum absolute atomic E-state index is 0.829. The molecule has 0 aliphatic rings. The van der Waals surface area contributed by atoms with E-state index in [1.54, 1.807) is 0 Å². The third kappa shape index (κ3) is 4.27. The number of rotatable bonds is 4. The largest absolute Gasteiger partial charge is 0.245 e.